The highest BCUT2D eigenvalue weighted by atomic mass is 19.4. The summed E-state index contributed by atoms with van der Waals surface area (Å²) in [6, 6.07) is 0. The van der Waals surface area contributed by atoms with Gasteiger partial charge in [-0.2, -0.15) is 35.1 Å². The Labute approximate surface area is 85.4 Å². The van der Waals surface area contributed by atoms with Crippen LogP contribution in [0.4, 0.5) is 35.1 Å². The van der Waals surface area contributed by atoms with Crippen LogP contribution in [-0.2, 0) is 4.74 Å². The van der Waals surface area contributed by atoms with E-state index in [1.54, 1.807) is 0 Å². The Morgan fingerprint density at radius 1 is 0.938 bits per heavy atom. The van der Waals surface area contributed by atoms with Crippen LogP contribution in [0.5, 0.6) is 0 Å². The summed E-state index contributed by atoms with van der Waals surface area (Å²) >= 11 is 0. The van der Waals surface area contributed by atoms with E-state index >= 15 is 0 Å². The van der Waals surface area contributed by atoms with Crippen LogP contribution in [-0.4, -0.2) is 24.6 Å². The smallest absolute Gasteiger partial charge is 0.307 e. The van der Waals surface area contributed by atoms with Gasteiger partial charge >= 0.3 is 18.5 Å². The van der Waals surface area contributed by atoms with Crippen molar-refractivity contribution in [3.8, 4) is 0 Å². The molecule has 0 fully saturated rings. The van der Waals surface area contributed by atoms with Crippen LogP contribution in [0.15, 0.2) is 0 Å². The van der Waals surface area contributed by atoms with E-state index in [-0.39, 0.29) is 0 Å². The van der Waals surface area contributed by atoms with Crippen molar-refractivity contribution in [3.63, 3.8) is 0 Å². The van der Waals surface area contributed by atoms with Gasteiger partial charge in [0.25, 0.3) is 0 Å². The Kier molecular flexibility index (Phi) is 4.55. The molecule has 16 heavy (non-hydrogen) atoms. The fraction of sp³-hybridized carbons (Fsp3) is 1.00. The Bertz CT molecular complexity index is 217. The Morgan fingerprint density at radius 3 is 1.62 bits per heavy atom. The molecule has 0 bridgehead atoms. The van der Waals surface area contributed by atoms with Gasteiger partial charge in [-0.1, -0.05) is 6.92 Å². The zero-order valence-electron chi connectivity index (χ0n) is 7.92. The monoisotopic (exact) mass is 260 g/mol. The third-order valence-corrected chi connectivity index (χ3v) is 1.46. The van der Waals surface area contributed by atoms with E-state index in [9.17, 15) is 35.1 Å². The highest BCUT2D eigenvalue weighted by Gasteiger charge is 2.50. The number of halogens is 8. The standard InChI is InChI=1S/C7H8F8O/c1-2-4(7(13,14)15)16-6(11,12)3-5(8,9)10/h4H,2-3H2,1H3. The van der Waals surface area contributed by atoms with Crippen molar-refractivity contribution in [2.75, 3.05) is 0 Å². The molecule has 0 saturated heterocycles. The third-order valence-electron chi connectivity index (χ3n) is 1.46. The molecule has 0 aromatic carbocycles. The second kappa shape index (κ2) is 4.72. The predicted octanol–water partition coefficient (Wildman–Crippen LogP) is 3.89. The van der Waals surface area contributed by atoms with Gasteiger partial charge in [-0.15, -0.1) is 0 Å². The van der Waals surface area contributed by atoms with Crippen LogP contribution >= 0.6 is 0 Å². The lowest BCUT2D eigenvalue weighted by atomic mass is 10.2. The maximum absolute atomic E-state index is 12.4. The highest BCUT2D eigenvalue weighted by Crippen LogP contribution is 2.36. The molecule has 1 nitrogen and oxygen atoms in total. The minimum absolute atomic E-state index is 0.877. The van der Waals surface area contributed by atoms with Gasteiger partial charge in [-0.3, -0.25) is 0 Å². The molecule has 0 spiro atoms. The molecule has 9 heteroatoms. The van der Waals surface area contributed by atoms with Crippen molar-refractivity contribution in [3.05, 3.63) is 0 Å². The zero-order valence-corrected chi connectivity index (χ0v) is 7.92. The number of hydrogen-bond acceptors (Lipinski definition) is 1. The average Bonchev–Trinajstić information content (AvgIpc) is 1.93. The maximum atomic E-state index is 12.4. The van der Waals surface area contributed by atoms with E-state index in [1.807, 2.05) is 0 Å². The van der Waals surface area contributed by atoms with Gasteiger partial charge in [0.15, 0.2) is 6.10 Å². The molecule has 0 rings (SSSR count). The van der Waals surface area contributed by atoms with Gasteiger partial charge in [0.05, 0.1) is 0 Å². The molecule has 0 aliphatic rings. The molecule has 0 N–H and O–H groups in total. The number of ether oxygens (including phenoxy) is 1. The van der Waals surface area contributed by atoms with Crippen LogP contribution in [0.25, 0.3) is 0 Å². The topological polar surface area (TPSA) is 9.23 Å². The molecule has 0 aromatic heterocycles. The largest absolute Gasteiger partial charge is 0.414 e. The molecule has 0 radical (unpaired) electrons. The molecule has 0 heterocycles. The quantitative estimate of drug-likeness (QED) is 0.697. The number of hydrogen-bond donors (Lipinski definition) is 0. The number of alkyl halides is 8. The predicted molar refractivity (Wildman–Crippen MR) is 36.8 cm³/mol. The van der Waals surface area contributed by atoms with Gasteiger partial charge < -0.3 is 4.74 Å². The SMILES string of the molecule is CCC(OC(F)(F)CC(F)(F)F)C(F)(F)F. The van der Waals surface area contributed by atoms with E-state index in [2.05, 4.69) is 4.74 Å². The second-order valence-electron chi connectivity index (χ2n) is 2.99. The second-order valence-corrected chi connectivity index (χ2v) is 2.99. The molecule has 0 saturated carbocycles. The minimum Gasteiger partial charge on any atom is -0.307 e. The van der Waals surface area contributed by atoms with Crippen LogP contribution in [0, 0.1) is 0 Å². The summed E-state index contributed by atoms with van der Waals surface area (Å²) < 4.78 is 98.6. The van der Waals surface area contributed by atoms with Crippen molar-refractivity contribution >= 4 is 0 Å². The molecular weight excluding hydrogens is 252 g/mol. The fourth-order valence-corrected chi connectivity index (χ4v) is 0.865. The maximum Gasteiger partial charge on any atom is 0.414 e. The lowest BCUT2D eigenvalue weighted by Crippen LogP contribution is -2.40. The molecule has 0 amide bonds. The van der Waals surface area contributed by atoms with Crippen LogP contribution in [0.1, 0.15) is 19.8 Å². The zero-order chi connectivity index (χ0) is 13.2. The summed E-state index contributed by atoms with van der Waals surface area (Å²) in [7, 11) is 0. The summed E-state index contributed by atoms with van der Waals surface area (Å²) in [6.45, 7) is 0.877. The van der Waals surface area contributed by atoms with Gasteiger partial charge in [0.1, 0.15) is 6.42 Å². The molecule has 0 aliphatic heterocycles. The molecule has 0 aliphatic carbocycles. The van der Waals surface area contributed by atoms with E-state index in [4.69, 9.17) is 0 Å². The Balaban J connectivity index is 4.56. The first-order chi connectivity index (χ1) is 6.87. The number of rotatable bonds is 4. The minimum atomic E-state index is -5.30. The average molecular weight is 260 g/mol. The van der Waals surface area contributed by atoms with Gasteiger partial charge in [-0.05, 0) is 6.42 Å². The molecular formula is C7H8F8O. The van der Waals surface area contributed by atoms with Crippen LogP contribution in [0.3, 0.4) is 0 Å². The third kappa shape index (κ3) is 6.09. The summed E-state index contributed by atoms with van der Waals surface area (Å²) in [5, 5.41) is 0. The fourth-order valence-electron chi connectivity index (χ4n) is 0.865. The summed E-state index contributed by atoms with van der Waals surface area (Å²) in [6.07, 6.45) is -21.8. The normalized spacial score (nSPS) is 16.3. The summed E-state index contributed by atoms with van der Waals surface area (Å²) in [5.41, 5.74) is 0. The first kappa shape index (κ1) is 15.4. The molecule has 1 unspecified atom stereocenters. The van der Waals surface area contributed by atoms with Crippen molar-refractivity contribution in [1.82, 2.24) is 0 Å². The molecule has 0 aromatic rings. The summed E-state index contributed by atoms with van der Waals surface area (Å²) in [5.74, 6) is 0. The van der Waals surface area contributed by atoms with Crippen molar-refractivity contribution in [1.29, 1.82) is 0 Å². The van der Waals surface area contributed by atoms with Gasteiger partial charge in [0.2, 0.25) is 0 Å². The lowest BCUT2D eigenvalue weighted by molar-refractivity contribution is -0.349. The van der Waals surface area contributed by atoms with Gasteiger partial charge in [-0.25, -0.2) is 0 Å². The van der Waals surface area contributed by atoms with Crippen LogP contribution in [0.2, 0.25) is 0 Å². The lowest BCUT2D eigenvalue weighted by Gasteiger charge is -2.25. The van der Waals surface area contributed by atoms with E-state index in [1.165, 1.54) is 0 Å². The molecule has 1 atom stereocenters. The van der Waals surface area contributed by atoms with Crippen molar-refractivity contribution in [2.24, 2.45) is 0 Å². The van der Waals surface area contributed by atoms with E-state index in [0.29, 0.717) is 0 Å². The molecule has 98 valence electrons. The van der Waals surface area contributed by atoms with E-state index in [0.717, 1.165) is 6.92 Å². The Hall–Kier alpha value is -0.600. The first-order valence-electron chi connectivity index (χ1n) is 4.06. The van der Waals surface area contributed by atoms with Crippen molar-refractivity contribution in [2.45, 2.75) is 44.3 Å². The van der Waals surface area contributed by atoms with Crippen LogP contribution < -0.4 is 0 Å². The summed E-state index contributed by atoms with van der Waals surface area (Å²) in [4.78, 5) is 0. The first-order valence-corrected chi connectivity index (χ1v) is 4.06. The Morgan fingerprint density at radius 2 is 1.38 bits per heavy atom. The van der Waals surface area contributed by atoms with E-state index < -0.39 is 37.4 Å². The van der Waals surface area contributed by atoms with Gasteiger partial charge in [0, 0.05) is 0 Å². The highest BCUT2D eigenvalue weighted by molar-refractivity contribution is 4.70. The van der Waals surface area contributed by atoms with Crippen molar-refractivity contribution < 1.29 is 39.9 Å².